The Bertz CT molecular complexity index is 681. The average molecular weight is 510 g/mol. The van der Waals surface area contributed by atoms with Crippen LogP contribution in [0.25, 0.3) is 0 Å². The van der Waals surface area contributed by atoms with E-state index in [2.05, 4.69) is 0 Å². The molecule has 6 atom stereocenters. The zero-order valence-electron chi connectivity index (χ0n) is 13.3. The smallest absolute Gasteiger partial charge is 0.622 e. The first kappa shape index (κ1) is 23.9. The predicted molar refractivity (Wildman–Crippen MR) is 96.6 cm³/mol. The topological polar surface area (TPSA) is 18.5 Å². The Labute approximate surface area is 181 Å². The first-order valence-electron chi connectivity index (χ1n) is 7.40. The lowest BCUT2D eigenvalue weighted by atomic mass is 9.86. The second-order valence-corrected chi connectivity index (χ2v) is 10.4. The van der Waals surface area contributed by atoms with Gasteiger partial charge in [0.05, 0.1) is 5.75 Å². The van der Waals surface area contributed by atoms with Gasteiger partial charge in [-0.2, -0.15) is 0 Å². The maximum atomic E-state index is 15.4. The molecule has 0 amide bonds. The van der Waals surface area contributed by atoms with Gasteiger partial charge in [0.25, 0.3) is 26.4 Å². The average Bonchev–Trinajstić information content (AvgIpc) is 2.59. The molecule has 0 bridgehead atoms. The Hall–Kier alpha value is 0.612. The molecule has 1 aromatic rings. The predicted octanol–water partition coefficient (Wildman–Crippen LogP) is 6.50. The quantitative estimate of drug-likeness (QED) is 0.256. The van der Waals surface area contributed by atoms with Crippen molar-refractivity contribution in [3.8, 4) is 5.75 Å². The van der Waals surface area contributed by atoms with E-state index in [1.807, 2.05) is 0 Å². The van der Waals surface area contributed by atoms with Crippen molar-refractivity contribution in [2.75, 3.05) is 0 Å². The van der Waals surface area contributed by atoms with Gasteiger partial charge in [0.1, 0.15) is 5.38 Å². The van der Waals surface area contributed by atoms with Crippen LogP contribution >= 0.6 is 58.0 Å². The zero-order chi connectivity index (χ0) is 20.9. The maximum absolute atomic E-state index is 15.4. The van der Waals surface area contributed by atoms with E-state index in [4.69, 9.17) is 65.6 Å². The summed E-state index contributed by atoms with van der Waals surface area (Å²) in [5.41, 5.74) is 0. The lowest BCUT2D eigenvalue weighted by Crippen LogP contribution is -2.79. The first-order chi connectivity index (χ1) is 12.2. The summed E-state index contributed by atoms with van der Waals surface area (Å²) in [6.07, 6.45) is 0. The molecule has 0 saturated heterocycles. The number of hydrogen-bond donors (Lipinski definition) is 0. The molecule has 0 aliphatic heterocycles. The molecule has 2 rings (SSSR count). The number of halogens is 10. The molecule has 0 spiro atoms. The molecule has 0 N–H and O–H groups in total. The van der Waals surface area contributed by atoms with Crippen molar-refractivity contribution in [1.82, 2.24) is 0 Å². The molecule has 6 unspecified atom stereocenters. The van der Waals surface area contributed by atoms with Crippen LogP contribution in [0.4, 0.5) is 22.0 Å². The molecule has 1 aromatic carbocycles. The van der Waals surface area contributed by atoms with E-state index in [9.17, 15) is 17.6 Å². The van der Waals surface area contributed by atoms with Crippen LogP contribution in [0.3, 0.4) is 0 Å². The second kappa shape index (κ2) is 7.70. The number of para-hydroxylation sites is 1. The van der Waals surface area contributed by atoms with E-state index >= 15 is 4.39 Å². The van der Waals surface area contributed by atoms with Crippen LogP contribution in [0, 0.1) is 0 Å². The van der Waals surface area contributed by atoms with Gasteiger partial charge >= 0.3 is 14.8 Å². The summed E-state index contributed by atoms with van der Waals surface area (Å²) in [6.45, 7) is 1.47. The van der Waals surface area contributed by atoms with Crippen molar-refractivity contribution in [2.24, 2.45) is 0 Å². The Balaban J connectivity index is 2.45. The van der Waals surface area contributed by atoms with Gasteiger partial charge in [-0.25, -0.2) is 22.0 Å². The van der Waals surface area contributed by atoms with Crippen molar-refractivity contribution in [2.45, 2.75) is 44.0 Å². The van der Waals surface area contributed by atoms with Gasteiger partial charge in [-0.15, -0.1) is 11.6 Å². The molecule has 0 heterocycles. The standard InChI is InChI=1S/C6HCl5F5O.C6H6O.C2H5.Al/c7-1-2(8,12)4(9,14)6(11,16)5(10,15)3(1,13)17;7-6-4-2-1-3-5-6;1-2;/h1H;1-5,7H;1H2,2H3;/q-1;;;+2/p-1. The van der Waals surface area contributed by atoms with Crippen LogP contribution in [0.1, 0.15) is 6.92 Å². The fourth-order valence-corrected chi connectivity index (χ4v) is 5.64. The number of rotatable bonds is 5. The summed E-state index contributed by atoms with van der Waals surface area (Å²) in [5, 5.41) is -21.1. The molecule has 0 radical (unpaired) electrons. The molecule has 0 aromatic heterocycles. The molecule has 13 heteroatoms. The lowest BCUT2D eigenvalue weighted by molar-refractivity contribution is -0.247. The van der Waals surface area contributed by atoms with Gasteiger partial charge in [0, 0.05) is 0 Å². The molecule has 1 aliphatic carbocycles. The highest BCUT2D eigenvalue weighted by Crippen LogP contribution is 2.69. The third kappa shape index (κ3) is 3.53. The SMILES string of the molecule is C[CH2][Al]([O]c1ccccc1)[O]C1(F)C(Cl)C(F)(Cl)C(F)(Cl)C(F)(Cl)C1(F)Cl. The molecule has 1 saturated carbocycles. The van der Waals surface area contributed by atoms with E-state index in [0.29, 0.717) is 0 Å². The van der Waals surface area contributed by atoms with Crippen molar-refractivity contribution in [1.29, 1.82) is 0 Å². The van der Waals surface area contributed by atoms with Gasteiger partial charge < -0.3 is 7.58 Å². The minimum Gasteiger partial charge on any atom is -0.622 e. The van der Waals surface area contributed by atoms with Crippen LogP contribution in [-0.4, -0.2) is 46.6 Å². The van der Waals surface area contributed by atoms with Gasteiger partial charge in [-0.1, -0.05) is 71.5 Å². The van der Waals surface area contributed by atoms with E-state index in [0.717, 1.165) is 0 Å². The fourth-order valence-electron chi connectivity index (χ4n) is 2.34. The van der Waals surface area contributed by atoms with Crippen molar-refractivity contribution < 1.29 is 29.5 Å². The first-order valence-corrected chi connectivity index (χ1v) is 11.1. The molecule has 1 fully saturated rings. The fraction of sp³-hybridized carbons (Fsp3) is 0.571. The molecular weight excluding hydrogens is 499 g/mol. The molecular formula is C14H11AlCl5F5O2. The van der Waals surface area contributed by atoms with Crippen molar-refractivity contribution in [3.63, 3.8) is 0 Å². The van der Waals surface area contributed by atoms with Crippen LogP contribution in [0.15, 0.2) is 30.3 Å². The number of benzene rings is 1. The minimum absolute atomic E-state index is 0.0259. The number of alkyl halides is 10. The second-order valence-electron chi connectivity index (χ2n) is 5.74. The highest BCUT2D eigenvalue weighted by Gasteiger charge is 2.90. The summed E-state index contributed by atoms with van der Waals surface area (Å²) in [5.74, 6) is -4.03. The highest BCUT2D eigenvalue weighted by molar-refractivity contribution is 6.48. The largest absolute Gasteiger partial charge is 0.767 e. The van der Waals surface area contributed by atoms with Gasteiger partial charge in [0.2, 0.25) is 0 Å². The van der Waals surface area contributed by atoms with Crippen molar-refractivity contribution in [3.05, 3.63) is 30.3 Å². The molecule has 2 nitrogen and oxygen atoms in total. The van der Waals surface area contributed by atoms with Gasteiger partial charge in [0.15, 0.2) is 0 Å². The number of hydrogen-bond acceptors (Lipinski definition) is 2. The Morgan fingerprint density at radius 3 is 1.93 bits per heavy atom. The summed E-state index contributed by atoms with van der Waals surface area (Å²) in [6, 6.07) is 7.76. The molecule has 27 heavy (non-hydrogen) atoms. The van der Waals surface area contributed by atoms with Gasteiger partial charge in [-0.05, 0) is 17.4 Å². The monoisotopic (exact) mass is 508 g/mol. The normalized spacial score (nSPS) is 44.8. The lowest BCUT2D eigenvalue weighted by Gasteiger charge is -2.55. The Morgan fingerprint density at radius 2 is 1.44 bits per heavy atom. The van der Waals surface area contributed by atoms with Gasteiger partial charge in [-0.3, -0.25) is 0 Å². The summed E-state index contributed by atoms with van der Waals surface area (Å²) >= 11 is 22.8. The van der Waals surface area contributed by atoms with Crippen LogP contribution in [-0.2, 0) is 3.79 Å². The Morgan fingerprint density at radius 1 is 0.926 bits per heavy atom. The summed E-state index contributed by atoms with van der Waals surface area (Å²) < 4.78 is 84.2. The third-order valence-electron chi connectivity index (χ3n) is 3.93. The minimum atomic E-state index is -4.70. The zero-order valence-corrected chi connectivity index (χ0v) is 18.3. The third-order valence-corrected chi connectivity index (χ3v) is 8.77. The van der Waals surface area contributed by atoms with E-state index in [-0.39, 0.29) is 11.0 Å². The van der Waals surface area contributed by atoms with Crippen LogP contribution < -0.4 is 3.79 Å². The van der Waals surface area contributed by atoms with Crippen LogP contribution in [0.5, 0.6) is 5.75 Å². The summed E-state index contributed by atoms with van der Waals surface area (Å²) in [4.78, 5) is 0. The highest BCUT2D eigenvalue weighted by atomic mass is 35.5. The van der Waals surface area contributed by atoms with Crippen LogP contribution in [0.2, 0.25) is 5.28 Å². The Kier molecular flexibility index (Phi) is 6.81. The molecule has 1 aliphatic rings. The van der Waals surface area contributed by atoms with E-state index < -0.39 is 46.6 Å². The summed E-state index contributed by atoms with van der Waals surface area (Å²) in [7, 11) is 0. The van der Waals surface area contributed by atoms with E-state index in [1.165, 1.54) is 19.1 Å². The maximum Gasteiger partial charge on any atom is 0.767 e. The van der Waals surface area contributed by atoms with E-state index in [1.54, 1.807) is 18.2 Å². The van der Waals surface area contributed by atoms with Crippen molar-refractivity contribution >= 4 is 72.8 Å². The molecule has 152 valence electrons.